The fourth-order valence-electron chi connectivity index (χ4n) is 1.20. The van der Waals surface area contributed by atoms with Crippen LogP contribution in [0.4, 0.5) is 5.69 Å². The van der Waals surface area contributed by atoms with E-state index in [1.54, 1.807) is 24.3 Å². The molecule has 0 heterocycles. The van der Waals surface area contributed by atoms with Crippen molar-refractivity contribution in [2.24, 2.45) is 11.0 Å². The number of hydrogen-bond donors (Lipinski definition) is 0. The molecule has 0 saturated carbocycles. The van der Waals surface area contributed by atoms with E-state index in [-0.39, 0.29) is 0 Å². The van der Waals surface area contributed by atoms with Crippen molar-refractivity contribution in [3.63, 3.8) is 0 Å². The molecule has 92 valence electrons. The lowest BCUT2D eigenvalue weighted by molar-refractivity contribution is 1.11. The summed E-state index contributed by atoms with van der Waals surface area (Å²) in [5.74, 6) is -0.931. The van der Waals surface area contributed by atoms with Gasteiger partial charge in [-0.3, -0.25) is 0 Å². The lowest BCUT2D eigenvalue weighted by atomic mass is 10.1. The highest BCUT2D eigenvalue weighted by atomic mass is 35.5. The Bertz CT molecular complexity index is 514. The molecule has 18 heavy (non-hydrogen) atoms. The average molecular weight is 281 g/mol. The minimum absolute atomic E-state index is 0.465. The fraction of sp³-hybridized carbons (Fsp3) is 0.250. The van der Waals surface area contributed by atoms with Crippen LogP contribution in [0.5, 0.6) is 0 Å². The van der Waals surface area contributed by atoms with Crippen molar-refractivity contribution in [3.05, 3.63) is 28.8 Å². The van der Waals surface area contributed by atoms with Gasteiger partial charge in [0.05, 0.1) is 29.1 Å². The second-order valence-corrected chi connectivity index (χ2v) is 4.13. The van der Waals surface area contributed by atoms with Crippen LogP contribution < -0.4 is 4.53 Å². The molecule has 1 aromatic rings. The lowest BCUT2D eigenvalue weighted by Gasteiger charge is -2.11. The van der Waals surface area contributed by atoms with Crippen molar-refractivity contribution in [1.29, 1.82) is 10.5 Å². The predicted octanol–water partition coefficient (Wildman–Crippen LogP) is 3.51. The summed E-state index contributed by atoms with van der Waals surface area (Å²) in [7, 11) is 0. The second-order valence-electron chi connectivity index (χ2n) is 3.40. The molecule has 0 fully saturated rings. The number of benzene rings is 1. The molecule has 6 heteroatoms. The molecular weight excluding hydrogens is 271 g/mol. The van der Waals surface area contributed by atoms with Crippen molar-refractivity contribution in [1.82, 2.24) is 0 Å². The predicted molar refractivity (Wildman–Crippen MR) is 72.4 cm³/mol. The summed E-state index contributed by atoms with van der Waals surface area (Å²) in [4.78, 5) is 0. The van der Waals surface area contributed by atoms with Crippen LogP contribution >= 0.6 is 23.4 Å². The van der Waals surface area contributed by atoms with E-state index in [1.165, 1.54) is 0 Å². The molecule has 0 atom stereocenters. The van der Waals surface area contributed by atoms with Gasteiger partial charge < -0.3 is 0 Å². The van der Waals surface area contributed by atoms with Crippen molar-refractivity contribution >= 4 is 35.3 Å². The number of aryl methyl sites for hydroxylation is 1. The van der Waals surface area contributed by atoms with Crippen LogP contribution in [-0.2, 0) is 6.42 Å². The Hall–Kier alpha value is -1.75. The topological polar surface area (TPSA) is 63.2 Å². The maximum Gasteiger partial charge on any atom is 0.170 e. The van der Waals surface area contributed by atoms with Crippen molar-refractivity contribution in [3.8, 4) is 12.1 Å². The number of rotatable bonds is 4. The summed E-state index contributed by atoms with van der Waals surface area (Å²) in [6.45, 7) is 2.02. The molecular formula is C12H10Cl2N4. The zero-order valence-corrected chi connectivity index (χ0v) is 11.2. The van der Waals surface area contributed by atoms with Crippen molar-refractivity contribution < 1.29 is 0 Å². The highest BCUT2D eigenvalue weighted by Gasteiger charge is 2.08. The number of hydrazone groups is 1. The molecule has 0 aliphatic heterocycles. The van der Waals surface area contributed by atoms with E-state index in [1.807, 2.05) is 13.0 Å². The van der Waals surface area contributed by atoms with Gasteiger partial charge in [-0.25, -0.2) is 0 Å². The zero-order valence-electron chi connectivity index (χ0n) is 9.64. The summed E-state index contributed by atoms with van der Waals surface area (Å²) in [5, 5.41) is 21.4. The van der Waals surface area contributed by atoms with Crippen LogP contribution in [0, 0.1) is 28.6 Å². The van der Waals surface area contributed by atoms with Crippen LogP contribution in [-0.4, -0.2) is 6.21 Å². The normalized spacial score (nSPS) is 10.3. The number of halogens is 2. The zero-order chi connectivity index (χ0) is 13.5. The van der Waals surface area contributed by atoms with Crippen LogP contribution in [0.3, 0.4) is 0 Å². The van der Waals surface area contributed by atoms with Gasteiger partial charge in [-0.2, -0.15) is 20.2 Å². The van der Waals surface area contributed by atoms with Gasteiger partial charge in [-0.1, -0.05) is 24.6 Å². The van der Waals surface area contributed by atoms with Crippen molar-refractivity contribution in [2.45, 2.75) is 13.3 Å². The Balaban J connectivity index is 2.89. The van der Waals surface area contributed by atoms with Crippen LogP contribution in [0.15, 0.2) is 23.3 Å². The Morgan fingerprint density at radius 3 is 2.61 bits per heavy atom. The van der Waals surface area contributed by atoms with Gasteiger partial charge in [-0.15, -0.1) is 0 Å². The maximum atomic E-state index is 8.58. The number of nitriles is 2. The van der Waals surface area contributed by atoms with E-state index in [0.29, 0.717) is 10.7 Å². The Morgan fingerprint density at radius 1 is 1.44 bits per heavy atom. The molecule has 0 aliphatic rings. The fourth-order valence-corrected chi connectivity index (χ4v) is 1.73. The molecule has 0 N–H and O–H groups in total. The van der Waals surface area contributed by atoms with Gasteiger partial charge in [0, 0.05) is 11.8 Å². The van der Waals surface area contributed by atoms with E-state index >= 15 is 0 Å². The summed E-state index contributed by atoms with van der Waals surface area (Å²) in [6.07, 6.45) is 2.04. The van der Waals surface area contributed by atoms with Gasteiger partial charge in [-0.05, 0) is 24.1 Å². The van der Waals surface area contributed by atoms with Crippen LogP contribution in [0.2, 0.25) is 5.02 Å². The maximum absolute atomic E-state index is 8.58. The number of anilines is 1. The number of hydrogen-bond acceptors (Lipinski definition) is 4. The SMILES string of the molecule is CCc1ccc(N(Cl)N=CC(C#N)C#N)c(Cl)c1. The minimum Gasteiger partial charge on any atom is -0.196 e. The third kappa shape index (κ3) is 3.63. The quantitative estimate of drug-likeness (QED) is 0.482. The molecule has 1 aromatic carbocycles. The van der Waals surface area contributed by atoms with Crippen molar-refractivity contribution in [2.75, 3.05) is 4.53 Å². The monoisotopic (exact) mass is 280 g/mol. The van der Waals surface area contributed by atoms with E-state index < -0.39 is 5.92 Å². The Labute approximate surface area is 116 Å². The van der Waals surface area contributed by atoms with Gasteiger partial charge in [0.15, 0.2) is 5.92 Å². The molecule has 0 aliphatic carbocycles. The van der Waals surface area contributed by atoms with E-state index in [4.69, 9.17) is 33.9 Å². The first-order valence-electron chi connectivity index (χ1n) is 5.20. The van der Waals surface area contributed by atoms with E-state index in [9.17, 15) is 0 Å². The summed E-state index contributed by atoms with van der Waals surface area (Å²) in [6, 6.07) is 8.95. The Morgan fingerprint density at radius 2 is 2.11 bits per heavy atom. The smallest absolute Gasteiger partial charge is 0.170 e. The molecule has 1 rings (SSSR count). The second kappa shape index (κ2) is 6.86. The highest BCUT2D eigenvalue weighted by Crippen LogP contribution is 2.28. The highest BCUT2D eigenvalue weighted by molar-refractivity contribution is 6.36. The van der Waals surface area contributed by atoms with E-state index in [2.05, 4.69) is 5.10 Å². The van der Waals surface area contributed by atoms with Gasteiger partial charge in [0.1, 0.15) is 0 Å². The van der Waals surface area contributed by atoms with Gasteiger partial charge >= 0.3 is 0 Å². The first-order chi connectivity index (χ1) is 8.62. The molecule has 0 saturated heterocycles. The lowest BCUT2D eigenvalue weighted by Crippen LogP contribution is -2.05. The van der Waals surface area contributed by atoms with Crippen LogP contribution in [0.25, 0.3) is 0 Å². The third-order valence-corrected chi connectivity index (χ3v) is 2.79. The van der Waals surface area contributed by atoms with E-state index in [0.717, 1.165) is 22.7 Å². The largest absolute Gasteiger partial charge is 0.196 e. The van der Waals surface area contributed by atoms with Gasteiger partial charge in [0.2, 0.25) is 0 Å². The third-order valence-electron chi connectivity index (χ3n) is 2.21. The standard InChI is InChI=1S/C12H10Cl2N4/c1-2-9-3-4-12(11(13)5-9)18(14)17-8-10(6-15)7-16/h3-5,8,10H,2H2,1H3. The molecule has 0 amide bonds. The molecule has 0 aromatic heterocycles. The minimum atomic E-state index is -0.931. The molecule has 0 radical (unpaired) electrons. The summed E-state index contributed by atoms with van der Waals surface area (Å²) < 4.78 is 1.02. The van der Waals surface area contributed by atoms with Crippen LogP contribution in [0.1, 0.15) is 12.5 Å². The van der Waals surface area contributed by atoms with Gasteiger partial charge in [0.25, 0.3) is 0 Å². The molecule has 0 bridgehead atoms. The number of nitrogens with zero attached hydrogens (tertiary/aromatic N) is 4. The summed E-state index contributed by atoms with van der Waals surface area (Å²) in [5.41, 5.74) is 1.59. The first kappa shape index (κ1) is 14.3. The first-order valence-corrected chi connectivity index (χ1v) is 5.91. The molecule has 4 nitrogen and oxygen atoms in total. The Kier molecular flexibility index (Phi) is 5.45. The average Bonchev–Trinajstić information content (AvgIpc) is 2.39. The molecule has 0 unspecified atom stereocenters. The summed E-state index contributed by atoms with van der Waals surface area (Å²) >= 11 is 12.0. The molecule has 0 spiro atoms.